The van der Waals surface area contributed by atoms with Crippen LogP contribution in [0.3, 0.4) is 0 Å². The van der Waals surface area contributed by atoms with Gasteiger partial charge in [-0.1, -0.05) is 41.4 Å². The SMILES string of the molecule is O=C(c1ccccc1F)C1CCC(=O)N(c2c(Cl)cccc2Cl)C1. The summed E-state index contributed by atoms with van der Waals surface area (Å²) in [6.45, 7) is 0.134. The van der Waals surface area contributed by atoms with E-state index < -0.39 is 11.7 Å². The number of piperidine rings is 1. The first-order chi connectivity index (χ1) is 11.5. The van der Waals surface area contributed by atoms with Gasteiger partial charge in [-0.3, -0.25) is 9.59 Å². The number of rotatable bonds is 3. The Morgan fingerprint density at radius 1 is 1.08 bits per heavy atom. The van der Waals surface area contributed by atoms with Gasteiger partial charge in [0.15, 0.2) is 5.78 Å². The molecule has 1 saturated heterocycles. The Hall–Kier alpha value is -1.91. The van der Waals surface area contributed by atoms with Crippen LogP contribution in [0.15, 0.2) is 42.5 Å². The molecule has 2 aromatic rings. The minimum Gasteiger partial charge on any atom is -0.309 e. The van der Waals surface area contributed by atoms with E-state index in [1.165, 1.54) is 23.1 Å². The van der Waals surface area contributed by atoms with E-state index in [1.807, 2.05) is 0 Å². The summed E-state index contributed by atoms with van der Waals surface area (Å²) in [7, 11) is 0. The van der Waals surface area contributed by atoms with Crippen molar-refractivity contribution in [2.24, 2.45) is 5.92 Å². The quantitative estimate of drug-likeness (QED) is 0.735. The van der Waals surface area contributed by atoms with E-state index >= 15 is 0 Å². The summed E-state index contributed by atoms with van der Waals surface area (Å²) in [5, 5.41) is 0.685. The smallest absolute Gasteiger partial charge is 0.227 e. The third-order valence-corrected chi connectivity index (χ3v) is 4.74. The molecule has 0 N–H and O–H groups in total. The molecule has 1 atom stereocenters. The fraction of sp³-hybridized carbons (Fsp3) is 0.222. The van der Waals surface area contributed by atoms with Crippen LogP contribution in [0.25, 0.3) is 0 Å². The molecule has 0 aliphatic carbocycles. The maximum absolute atomic E-state index is 13.9. The zero-order chi connectivity index (χ0) is 17.3. The molecule has 0 bridgehead atoms. The number of nitrogens with zero attached hydrogens (tertiary/aromatic N) is 1. The second-order valence-electron chi connectivity index (χ2n) is 5.65. The number of benzene rings is 2. The molecule has 1 aliphatic heterocycles. The molecule has 1 fully saturated rings. The first-order valence-corrected chi connectivity index (χ1v) is 8.27. The molecule has 1 unspecified atom stereocenters. The highest BCUT2D eigenvalue weighted by Gasteiger charge is 2.34. The minimum atomic E-state index is -0.554. The molecule has 1 heterocycles. The molecule has 3 nitrogen and oxygen atoms in total. The van der Waals surface area contributed by atoms with Crippen molar-refractivity contribution in [2.75, 3.05) is 11.4 Å². The lowest BCUT2D eigenvalue weighted by atomic mass is 9.89. The average molecular weight is 366 g/mol. The molecule has 0 saturated carbocycles. The molecular formula is C18H14Cl2FNO2. The van der Waals surface area contributed by atoms with E-state index in [1.54, 1.807) is 24.3 Å². The number of Topliss-reactive ketones (excluding diaryl/α,β-unsaturated/α-hetero) is 1. The number of ketones is 1. The van der Waals surface area contributed by atoms with Crippen LogP contribution >= 0.6 is 23.2 Å². The maximum atomic E-state index is 13.9. The van der Waals surface area contributed by atoms with E-state index in [0.29, 0.717) is 22.2 Å². The normalized spacial score (nSPS) is 17.9. The van der Waals surface area contributed by atoms with E-state index in [0.717, 1.165) is 0 Å². The Balaban J connectivity index is 1.90. The predicted molar refractivity (Wildman–Crippen MR) is 92.3 cm³/mol. The highest BCUT2D eigenvalue weighted by atomic mass is 35.5. The van der Waals surface area contributed by atoms with Gasteiger partial charge in [0.1, 0.15) is 5.82 Å². The van der Waals surface area contributed by atoms with Gasteiger partial charge in [0.25, 0.3) is 0 Å². The van der Waals surface area contributed by atoms with Crippen molar-refractivity contribution in [3.63, 3.8) is 0 Å². The summed E-state index contributed by atoms with van der Waals surface area (Å²) >= 11 is 12.3. The number of carbonyl (C=O) groups is 2. The first kappa shape index (κ1) is 16.9. The van der Waals surface area contributed by atoms with Crippen molar-refractivity contribution >= 4 is 40.6 Å². The number of carbonyl (C=O) groups excluding carboxylic acids is 2. The highest BCUT2D eigenvalue weighted by molar-refractivity contribution is 6.40. The standard InChI is InChI=1S/C18H14Cl2FNO2/c19-13-5-3-6-14(20)17(13)22-10-11(8-9-16(22)23)18(24)12-4-1-2-7-15(12)21/h1-7,11H,8-10H2. The monoisotopic (exact) mass is 365 g/mol. The van der Waals surface area contributed by atoms with Crippen LogP contribution in [-0.4, -0.2) is 18.2 Å². The molecule has 2 aromatic carbocycles. The summed E-state index contributed by atoms with van der Waals surface area (Å²) in [6, 6.07) is 10.8. The fourth-order valence-electron chi connectivity index (χ4n) is 2.90. The molecule has 124 valence electrons. The fourth-order valence-corrected chi connectivity index (χ4v) is 3.51. The second-order valence-corrected chi connectivity index (χ2v) is 6.47. The lowest BCUT2D eigenvalue weighted by Gasteiger charge is -2.33. The molecule has 6 heteroatoms. The minimum absolute atomic E-state index is 0.0436. The van der Waals surface area contributed by atoms with Crippen LogP contribution in [0, 0.1) is 11.7 Å². The highest BCUT2D eigenvalue weighted by Crippen LogP contribution is 2.37. The van der Waals surface area contributed by atoms with Crippen molar-refractivity contribution in [1.29, 1.82) is 0 Å². The average Bonchev–Trinajstić information content (AvgIpc) is 2.56. The third-order valence-electron chi connectivity index (χ3n) is 4.13. The third kappa shape index (κ3) is 3.17. The Labute approximate surface area is 149 Å². The molecule has 0 radical (unpaired) electrons. The van der Waals surface area contributed by atoms with Crippen LogP contribution in [0.5, 0.6) is 0 Å². The molecule has 1 amide bonds. The molecule has 3 rings (SSSR count). The van der Waals surface area contributed by atoms with Gasteiger partial charge in [0, 0.05) is 18.9 Å². The summed E-state index contributed by atoms with van der Waals surface area (Å²) in [5.41, 5.74) is 0.443. The van der Waals surface area contributed by atoms with Crippen LogP contribution in [0.2, 0.25) is 10.0 Å². The number of hydrogen-bond donors (Lipinski definition) is 0. The summed E-state index contributed by atoms with van der Waals surface area (Å²) in [4.78, 5) is 26.4. The predicted octanol–water partition coefficient (Wildman–Crippen LogP) is 4.76. The van der Waals surface area contributed by atoms with Crippen LogP contribution in [-0.2, 0) is 4.79 Å². The topological polar surface area (TPSA) is 37.4 Å². The largest absolute Gasteiger partial charge is 0.309 e. The lowest BCUT2D eigenvalue weighted by molar-refractivity contribution is -0.119. The van der Waals surface area contributed by atoms with E-state index in [2.05, 4.69) is 0 Å². The Morgan fingerprint density at radius 2 is 1.75 bits per heavy atom. The molecular weight excluding hydrogens is 352 g/mol. The van der Waals surface area contributed by atoms with Crippen molar-refractivity contribution in [1.82, 2.24) is 0 Å². The number of para-hydroxylation sites is 1. The maximum Gasteiger partial charge on any atom is 0.227 e. The summed E-state index contributed by atoms with van der Waals surface area (Å²) in [5.74, 6) is -1.51. The van der Waals surface area contributed by atoms with Gasteiger partial charge < -0.3 is 4.90 Å². The van der Waals surface area contributed by atoms with E-state index in [4.69, 9.17) is 23.2 Å². The van der Waals surface area contributed by atoms with Gasteiger partial charge >= 0.3 is 0 Å². The molecule has 0 spiro atoms. The van der Waals surface area contributed by atoms with Gasteiger partial charge in [-0.05, 0) is 30.7 Å². The van der Waals surface area contributed by atoms with Crippen molar-refractivity contribution < 1.29 is 14.0 Å². The van der Waals surface area contributed by atoms with Crippen LogP contribution in [0.4, 0.5) is 10.1 Å². The van der Waals surface area contributed by atoms with Gasteiger partial charge in [0.2, 0.25) is 5.91 Å². The first-order valence-electron chi connectivity index (χ1n) is 7.52. The van der Waals surface area contributed by atoms with Crippen LogP contribution in [0.1, 0.15) is 23.2 Å². The Bertz CT molecular complexity index is 789. The Morgan fingerprint density at radius 3 is 2.42 bits per heavy atom. The van der Waals surface area contributed by atoms with Crippen LogP contribution < -0.4 is 4.90 Å². The summed E-state index contributed by atoms with van der Waals surface area (Å²) < 4.78 is 13.9. The molecule has 24 heavy (non-hydrogen) atoms. The second kappa shape index (κ2) is 6.91. The van der Waals surface area contributed by atoms with Crippen molar-refractivity contribution in [3.05, 3.63) is 63.9 Å². The number of anilines is 1. The number of amides is 1. The van der Waals surface area contributed by atoms with Gasteiger partial charge in [-0.15, -0.1) is 0 Å². The zero-order valence-electron chi connectivity index (χ0n) is 12.6. The van der Waals surface area contributed by atoms with E-state index in [-0.39, 0.29) is 30.2 Å². The molecule has 1 aliphatic rings. The van der Waals surface area contributed by atoms with Gasteiger partial charge in [0.05, 0.1) is 21.3 Å². The van der Waals surface area contributed by atoms with Gasteiger partial charge in [-0.25, -0.2) is 4.39 Å². The Kier molecular flexibility index (Phi) is 4.88. The molecule has 0 aromatic heterocycles. The van der Waals surface area contributed by atoms with Crippen molar-refractivity contribution in [3.8, 4) is 0 Å². The zero-order valence-corrected chi connectivity index (χ0v) is 14.1. The van der Waals surface area contributed by atoms with Crippen molar-refractivity contribution in [2.45, 2.75) is 12.8 Å². The van der Waals surface area contributed by atoms with Gasteiger partial charge in [-0.2, -0.15) is 0 Å². The number of hydrogen-bond acceptors (Lipinski definition) is 2. The lowest BCUT2D eigenvalue weighted by Crippen LogP contribution is -2.43. The number of halogens is 3. The summed E-state index contributed by atoms with van der Waals surface area (Å²) in [6.07, 6.45) is 0.566. The van der Waals surface area contributed by atoms with E-state index in [9.17, 15) is 14.0 Å².